The summed E-state index contributed by atoms with van der Waals surface area (Å²) >= 11 is 0. The topological polar surface area (TPSA) is 41.6 Å². The quantitative estimate of drug-likeness (QED) is 0.806. The maximum Gasteiger partial charge on any atom is 0.192 e. The Bertz CT molecular complexity index is 447. The van der Waals surface area contributed by atoms with Gasteiger partial charge in [-0.05, 0) is 19.4 Å². The summed E-state index contributed by atoms with van der Waals surface area (Å²) < 4.78 is 0. The average molecular weight is 229 g/mol. The smallest absolute Gasteiger partial charge is 0.192 e. The van der Waals surface area contributed by atoms with Gasteiger partial charge in [-0.3, -0.25) is 4.99 Å². The monoisotopic (exact) mass is 229 g/mol. The molecule has 3 heteroatoms. The highest BCUT2D eigenvalue weighted by Crippen LogP contribution is 2.32. The van der Waals surface area contributed by atoms with Crippen LogP contribution in [0.4, 0.5) is 0 Å². The number of rotatable bonds is 3. The first-order chi connectivity index (χ1) is 8.08. The fraction of sp³-hybridized carbons (Fsp3) is 0.357. The van der Waals surface area contributed by atoms with E-state index >= 15 is 0 Å². The molecule has 1 aliphatic heterocycles. The molecule has 0 aliphatic carbocycles. The van der Waals surface area contributed by atoms with Crippen LogP contribution in [-0.2, 0) is 5.54 Å². The molecule has 1 heterocycles. The molecule has 1 atom stereocenters. The summed E-state index contributed by atoms with van der Waals surface area (Å²) in [6.45, 7) is 9.47. The Morgan fingerprint density at radius 1 is 1.47 bits per heavy atom. The van der Waals surface area contributed by atoms with Gasteiger partial charge in [0.25, 0.3) is 0 Å². The zero-order valence-corrected chi connectivity index (χ0v) is 10.5. The highest BCUT2D eigenvalue weighted by atomic mass is 15.3. The molecule has 0 amide bonds. The van der Waals surface area contributed by atoms with Gasteiger partial charge in [-0.15, -0.1) is 6.58 Å². The van der Waals surface area contributed by atoms with Crippen molar-refractivity contribution in [3.63, 3.8) is 0 Å². The highest BCUT2D eigenvalue weighted by molar-refractivity contribution is 5.81. The fourth-order valence-electron chi connectivity index (χ4n) is 2.24. The first-order valence-electron chi connectivity index (χ1n) is 5.83. The molecule has 1 aromatic carbocycles. The number of aryl methyl sites for hydroxylation is 1. The Morgan fingerprint density at radius 3 is 2.71 bits per heavy atom. The van der Waals surface area contributed by atoms with Gasteiger partial charge in [-0.2, -0.15) is 0 Å². The zero-order valence-electron chi connectivity index (χ0n) is 10.5. The van der Waals surface area contributed by atoms with Gasteiger partial charge in [0.05, 0.1) is 12.1 Å². The molecule has 2 rings (SSSR count). The van der Waals surface area contributed by atoms with Crippen LogP contribution in [-0.4, -0.2) is 23.9 Å². The standard InChI is InChI=1S/C14H19N3/c1-4-9-17-13(15)16-10-14(17,3)12-7-5-11(2)6-8-12/h4-8H,1,9-10H2,2-3H3,(H2,15,16). The molecule has 2 N–H and O–H groups in total. The van der Waals surface area contributed by atoms with E-state index in [-0.39, 0.29) is 5.54 Å². The molecule has 1 aromatic rings. The molecule has 0 bridgehead atoms. The van der Waals surface area contributed by atoms with Gasteiger partial charge in [-0.1, -0.05) is 35.9 Å². The second kappa shape index (κ2) is 4.24. The summed E-state index contributed by atoms with van der Waals surface area (Å²) in [5.41, 5.74) is 8.30. The molecule has 0 aromatic heterocycles. The van der Waals surface area contributed by atoms with Crippen molar-refractivity contribution in [2.75, 3.05) is 13.1 Å². The minimum Gasteiger partial charge on any atom is -0.370 e. The van der Waals surface area contributed by atoms with Crippen LogP contribution in [0.15, 0.2) is 41.9 Å². The lowest BCUT2D eigenvalue weighted by Gasteiger charge is -2.36. The van der Waals surface area contributed by atoms with E-state index in [9.17, 15) is 0 Å². The highest BCUT2D eigenvalue weighted by Gasteiger charge is 2.38. The van der Waals surface area contributed by atoms with E-state index in [4.69, 9.17) is 5.73 Å². The largest absolute Gasteiger partial charge is 0.370 e. The number of hydrogen-bond donors (Lipinski definition) is 1. The fourth-order valence-corrected chi connectivity index (χ4v) is 2.24. The summed E-state index contributed by atoms with van der Waals surface area (Å²) in [5, 5.41) is 0. The summed E-state index contributed by atoms with van der Waals surface area (Å²) in [4.78, 5) is 6.46. The lowest BCUT2D eigenvalue weighted by atomic mass is 9.90. The summed E-state index contributed by atoms with van der Waals surface area (Å²) in [7, 11) is 0. The van der Waals surface area contributed by atoms with Crippen LogP contribution >= 0.6 is 0 Å². The SMILES string of the molecule is C=CCN1C(N)=NCC1(C)c1ccc(C)cc1. The number of benzene rings is 1. The van der Waals surface area contributed by atoms with E-state index in [0.717, 1.165) is 6.54 Å². The van der Waals surface area contributed by atoms with E-state index in [2.05, 4.69) is 54.6 Å². The molecule has 90 valence electrons. The molecule has 0 spiro atoms. The second-order valence-electron chi connectivity index (χ2n) is 4.71. The van der Waals surface area contributed by atoms with Crippen LogP contribution in [0, 0.1) is 6.92 Å². The molecule has 3 nitrogen and oxygen atoms in total. The molecule has 1 aliphatic rings. The molecule has 0 saturated heterocycles. The van der Waals surface area contributed by atoms with Crippen molar-refractivity contribution in [3.05, 3.63) is 48.0 Å². The van der Waals surface area contributed by atoms with Crippen molar-refractivity contribution in [2.24, 2.45) is 10.7 Å². The number of aliphatic imine (C=N–C) groups is 1. The Kier molecular flexibility index (Phi) is 2.92. The average Bonchev–Trinajstić information content (AvgIpc) is 2.60. The molecule has 1 unspecified atom stereocenters. The van der Waals surface area contributed by atoms with Crippen LogP contribution in [0.1, 0.15) is 18.1 Å². The van der Waals surface area contributed by atoms with Crippen LogP contribution < -0.4 is 5.73 Å². The van der Waals surface area contributed by atoms with Gasteiger partial charge in [0.15, 0.2) is 5.96 Å². The summed E-state index contributed by atoms with van der Waals surface area (Å²) in [5.74, 6) is 0.605. The lowest BCUT2D eigenvalue weighted by molar-refractivity contribution is 0.245. The predicted octanol–water partition coefficient (Wildman–Crippen LogP) is 2.03. The molecule has 0 fully saturated rings. The van der Waals surface area contributed by atoms with Crippen LogP contribution in [0.2, 0.25) is 0 Å². The number of guanidine groups is 1. The third-order valence-corrected chi connectivity index (χ3v) is 3.41. The summed E-state index contributed by atoms with van der Waals surface area (Å²) in [6.07, 6.45) is 1.86. The normalized spacial score (nSPS) is 23.6. The van der Waals surface area contributed by atoms with Crippen molar-refractivity contribution in [2.45, 2.75) is 19.4 Å². The van der Waals surface area contributed by atoms with Gasteiger partial charge < -0.3 is 10.6 Å². The third kappa shape index (κ3) is 1.93. The van der Waals surface area contributed by atoms with Crippen molar-refractivity contribution < 1.29 is 0 Å². The molecular weight excluding hydrogens is 210 g/mol. The number of hydrogen-bond acceptors (Lipinski definition) is 3. The van der Waals surface area contributed by atoms with Gasteiger partial charge >= 0.3 is 0 Å². The van der Waals surface area contributed by atoms with E-state index < -0.39 is 0 Å². The van der Waals surface area contributed by atoms with Crippen molar-refractivity contribution in [1.29, 1.82) is 0 Å². The van der Waals surface area contributed by atoms with E-state index in [0.29, 0.717) is 12.5 Å². The minimum absolute atomic E-state index is 0.147. The van der Waals surface area contributed by atoms with Gasteiger partial charge in [-0.25, -0.2) is 0 Å². The predicted molar refractivity (Wildman–Crippen MR) is 71.9 cm³/mol. The minimum atomic E-state index is -0.147. The Labute approximate surface area is 103 Å². The van der Waals surface area contributed by atoms with E-state index in [1.165, 1.54) is 11.1 Å². The Balaban J connectivity index is 2.35. The van der Waals surface area contributed by atoms with Gasteiger partial charge in [0.2, 0.25) is 0 Å². The van der Waals surface area contributed by atoms with Crippen molar-refractivity contribution >= 4 is 5.96 Å². The maximum atomic E-state index is 5.94. The molecular formula is C14H19N3. The van der Waals surface area contributed by atoms with E-state index in [1.807, 2.05) is 6.08 Å². The number of nitrogens with two attached hydrogens (primary N) is 1. The molecule has 17 heavy (non-hydrogen) atoms. The second-order valence-corrected chi connectivity index (χ2v) is 4.71. The third-order valence-electron chi connectivity index (χ3n) is 3.41. The Hall–Kier alpha value is -1.77. The van der Waals surface area contributed by atoms with E-state index in [1.54, 1.807) is 0 Å². The van der Waals surface area contributed by atoms with Gasteiger partial charge in [0.1, 0.15) is 0 Å². The zero-order chi connectivity index (χ0) is 12.5. The van der Waals surface area contributed by atoms with Crippen molar-refractivity contribution in [1.82, 2.24) is 4.90 Å². The number of nitrogens with zero attached hydrogens (tertiary/aromatic N) is 2. The van der Waals surface area contributed by atoms with Crippen molar-refractivity contribution in [3.8, 4) is 0 Å². The van der Waals surface area contributed by atoms with Crippen LogP contribution in [0.5, 0.6) is 0 Å². The summed E-state index contributed by atoms with van der Waals surface area (Å²) in [6, 6.07) is 8.56. The van der Waals surface area contributed by atoms with Gasteiger partial charge in [0, 0.05) is 6.54 Å². The van der Waals surface area contributed by atoms with Crippen LogP contribution in [0.25, 0.3) is 0 Å². The Morgan fingerprint density at radius 2 is 2.12 bits per heavy atom. The lowest BCUT2D eigenvalue weighted by Crippen LogP contribution is -2.47. The molecule has 0 radical (unpaired) electrons. The first-order valence-corrected chi connectivity index (χ1v) is 5.83. The first kappa shape index (κ1) is 11.7. The van der Waals surface area contributed by atoms with Crippen LogP contribution in [0.3, 0.4) is 0 Å². The maximum absolute atomic E-state index is 5.94. The molecule has 0 saturated carbocycles.